The second kappa shape index (κ2) is 7.33. The normalized spacial score (nSPS) is 10.1. The lowest BCUT2D eigenvalue weighted by Crippen LogP contribution is -2.02. The topological polar surface area (TPSA) is 55.8 Å². The molecule has 2 aromatic carbocycles. The summed E-state index contributed by atoms with van der Waals surface area (Å²) in [7, 11) is 0. The molecule has 2 rings (SSSR count). The maximum atomic E-state index is 11.1. The Kier molecular flexibility index (Phi) is 5.21. The van der Waals surface area contributed by atoms with Crippen molar-refractivity contribution in [1.29, 1.82) is 0 Å². The van der Waals surface area contributed by atoms with Crippen molar-refractivity contribution in [1.82, 2.24) is 0 Å². The Morgan fingerprint density at radius 2 is 1.71 bits per heavy atom. The molecule has 0 saturated carbocycles. The van der Waals surface area contributed by atoms with E-state index in [9.17, 15) is 4.79 Å². The first kappa shape index (κ1) is 14.9. The van der Waals surface area contributed by atoms with E-state index in [1.165, 1.54) is 12.1 Å². The van der Waals surface area contributed by atoms with E-state index in [-0.39, 0.29) is 5.56 Å². The van der Waals surface area contributed by atoms with Crippen LogP contribution in [-0.2, 0) is 6.61 Å². The highest BCUT2D eigenvalue weighted by Gasteiger charge is 2.09. The smallest absolute Gasteiger partial charge is 0.335 e. The van der Waals surface area contributed by atoms with Crippen LogP contribution in [0.3, 0.4) is 0 Å². The molecule has 0 fully saturated rings. The van der Waals surface area contributed by atoms with E-state index in [1.54, 1.807) is 6.07 Å². The van der Waals surface area contributed by atoms with Crippen molar-refractivity contribution >= 4 is 5.97 Å². The molecule has 0 spiro atoms. The molecule has 0 heterocycles. The van der Waals surface area contributed by atoms with E-state index in [4.69, 9.17) is 14.6 Å². The van der Waals surface area contributed by atoms with E-state index in [2.05, 4.69) is 0 Å². The second-order valence-electron chi connectivity index (χ2n) is 4.62. The van der Waals surface area contributed by atoms with Gasteiger partial charge in [0.2, 0.25) is 0 Å². The average molecular weight is 286 g/mol. The molecule has 0 aliphatic carbocycles. The molecule has 0 radical (unpaired) electrons. The van der Waals surface area contributed by atoms with Crippen LogP contribution in [-0.4, -0.2) is 17.7 Å². The molecule has 0 unspecified atom stereocenters. The van der Waals surface area contributed by atoms with Gasteiger partial charge in [-0.15, -0.1) is 0 Å². The Balaban J connectivity index is 2.13. The number of carboxylic acids is 1. The van der Waals surface area contributed by atoms with Gasteiger partial charge in [-0.3, -0.25) is 0 Å². The molecule has 0 saturated heterocycles. The highest BCUT2D eigenvalue weighted by atomic mass is 16.5. The number of hydrogen-bond acceptors (Lipinski definition) is 3. The second-order valence-corrected chi connectivity index (χ2v) is 4.62. The summed E-state index contributed by atoms with van der Waals surface area (Å²) in [5.41, 5.74) is 1.18. The summed E-state index contributed by atoms with van der Waals surface area (Å²) >= 11 is 0. The molecule has 0 aliphatic rings. The predicted molar refractivity (Wildman–Crippen MR) is 80.0 cm³/mol. The molecule has 2 aromatic rings. The van der Waals surface area contributed by atoms with Gasteiger partial charge < -0.3 is 14.6 Å². The zero-order valence-electron chi connectivity index (χ0n) is 11.9. The molecule has 0 amide bonds. The number of carbonyl (C=O) groups is 1. The number of aromatic carboxylic acids is 1. The zero-order chi connectivity index (χ0) is 15.1. The van der Waals surface area contributed by atoms with Gasteiger partial charge in [0.25, 0.3) is 0 Å². The fourth-order valence-electron chi connectivity index (χ4n) is 1.82. The first-order valence-corrected chi connectivity index (χ1v) is 6.87. The third-order valence-corrected chi connectivity index (χ3v) is 2.85. The van der Waals surface area contributed by atoms with E-state index >= 15 is 0 Å². The summed E-state index contributed by atoms with van der Waals surface area (Å²) in [4.78, 5) is 11.1. The van der Waals surface area contributed by atoms with Crippen LogP contribution in [0.4, 0.5) is 0 Å². The summed E-state index contributed by atoms with van der Waals surface area (Å²) in [5, 5.41) is 9.13. The lowest BCUT2D eigenvalue weighted by atomic mass is 10.2. The number of ether oxygens (including phenoxy) is 2. The minimum absolute atomic E-state index is 0.159. The fraction of sp³-hybridized carbons (Fsp3) is 0.235. The molecule has 0 bridgehead atoms. The maximum Gasteiger partial charge on any atom is 0.335 e. The van der Waals surface area contributed by atoms with Gasteiger partial charge in [-0.2, -0.15) is 0 Å². The lowest BCUT2D eigenvalue weighted by molar-refractivity contribution is 0.0695. The molecule has 0 atom stereocenters. The summed E-state index contributed by atoms with van der Waals surface area (Å²) < 4.78 is 11.2. The third kappa shape index (κ3) is 4.53. The molecule has 21 heavy (non-hydrogen) atoms. The van der Waals surface area contributed by atoms with Crippen LogP contribution in [0.15, 0.2) is 48.5 Å². The number of carboxylic acid groups (broad SMARTS) is 1. The van der Waals surface area contributed by atoms with E-state index in [1.807, 2.05) is 37.3 Å². The average Bonchev–Trinajstić information content (AvgIpc) is 2.51. The van der Waals surface area contributed by atoms with Crippen molar-refractivity contribution in [2.45, 2.75) is 20.0 Å². The van der Waals surface area contributed by atoms with Gasteiger partial charge >= 0.3 is 5.97 Å². The van der Waals surface area contributed by atoms with Crippen LogP contribution in [0.2, 0.25) is 0 Å². The van der Waals surface area contributed by atoms with Crippen LogP contribution < -0.4 is 9.47 Å². The fourth-order valence-corrected chi connectivity index (χ4v) is 1.82. The molecule has 4 heteroatoms. The molecular formula is C17H18O4. The molecule has 0 aliphatic heterocycles. The molecule has 1 N–H and O–H groups in total. The van der Waals surface area contributed by atoms with Gasteiger partial charge in [-0.1, -0.05) is 37.3 Å². The van der Waals surface area contributed by atoms with Crippen LogP contribution in [0.5, 0.6) is 11.5 Å². The monoisotopic (exact) mass is 286 g/mol. The summed E-state index contributed by atoms with van der Waals surface area (Å²) in [6, 6.07) is 14.4. The lowest BCUT2D eigenvalue weighted by Gasteiger charge is -2.11. The summed E-state index contributed by atoms with van der Waals surface area (Å²) in [6.45, 7) is 2.92. The minimum Gasteiger partial charge on any atom is -0.493 e. The van der Waals surface area contributed by atoms with Crippen molar-refractivity contribution in [3.05, 3.63) is 59.7 Å². The number of rotatable bonds is 7. The minimum atomic E-state index is -0.999. The first-order valence-electron chi connectivity index (χ1n) is 6.87. The predicted octanol–water partition coefficient (Wildman–Crippen LogP) is 3.75. The number of benzene rings is 2. The van der Waals surface area contributed by atoms with Crippen molar-refractivity contribution in [3.63, 3.8) is 0 Å². The SMILES string of the molecule is CCCOc1cc(OCc2ccccc2)cc(C(=O)O)c1. The van der Waals surface area contributed by atoms with Gasteiger partial charge in [-0.05, 0) is 24.1 Å². The summed E-state index contributed by atoms with van der Waals surface area (Å²) in [5.74, 6) is 0.00572. The molecule has 4 nitrogen and oxygen atoms in total. The zero-order valence-corrected chi connectivity index (χ0v) is 11.9. The quantitative estimate of drug-likeness (QED) is 0.842. The highest BCUT2D eigenvalue weighted by molar-refractivity contribution is 5.88. The Bertz CT molecular complexity index is 593. The van der Waals surface area contributed by atoms with Gasteiger partial charge in [0, 0.05) is 6.07 Å². The Hall–Kier alpha value is -2.49. The van der Waals surface area contributed by atoms with Crippen LogP contribution >= 0.6 is 0 Å². The van der Waals surface area contributed by atoms with Crippen molar-refractivity contribution < 1.29 is 19.4 Å². The van der Waals surface area contributed by atoms with Gasteiger partial charge in [0.15, 0.2) is 0 Å². The molecular weight excluding hydrogens is 268 g/mol. The van der Waals surface area contributed by atoms with Crippen LogP contribution in [0.25, 0.3) is 0 Å². The third-order valence-electron chi connectivity index (χ3n) is 2.85. The van der Waals surface area contributed by atoms with Crippen molar-refractivity contribution in [2.24, 2.45) is 0 Å². The van der Waals surface area contributed by atoms with Gasteiger partial charge in [-0.25, -0.2) is 4.79 Å². The van der Waals surface area contributed by atoms with E-state index in [0.717, 1.165) is 12.0 Å². The molecule has 0 aromatic heterocycles. The maximum absolute atomic E-state index is 11.1. The largest absolute Gasteiger partial charge is 0.493 e. The molecule has 110 valence electrons. The Labute approximate surface area is 123 Å². The first-order chi connectivity index (χ1) is 10.2. The van der Waals surface area contributed by atoms with Gasteiger partial charge in [0.05, 0.1) is 12.2 Å². The van der Waals surface area contributed by atoms with Crippen molar-refractivity contribution in [3.8, 4) is 11.5 Å². The van der Waals surface area contributed by atoms with Crippen molar-refractivity contribution in [2.75, 3.05) is 6.61 Å². The number of hydrogen-bond donors (Lipinski definition) is 1. The summed E-state index contributed by atoms with van der Waals surface area (Å²) in [6.07, 6.45) is 0.859. The Morgan fingerprint density at radius 1 is 1.05 bits per heavy atom. The Morgan fingerprint density at radius 3 is 2.33 bits per heavy atom. The standard InChI is InChI=1S/C17H18O4/c1-2-8-20-15-9-14(17(18)19)10-16(11-15)21-12-13-6-4-3-5-7-13/h3-7,9-11H,2,8,12H2,1H3,(H,18,19). The van der Waals surface area contributed by atoms with Crippen LogP contribution in [0, 0.1) is 0 Å². The van der Waals surface area contributed by atoms with E-state index in [0.29, 0.717) is 24.7 Å². The van der Waals surface area contributed by atoms with E-state index < -0.39 is 5.97 Å². The van der Waals surface area contributed by atoms with Crippen LogP contribution in [0.1, 0.15) is 29.3 Å². The van der Waals surface area contributed by atoms with Gasteiger partial charge in [0.1, 0.15) is 18.1 Å². The highest BCUT2D eigenvalue weighted by Crippen LogP contribution is 2.24.